The zero-order valence-electron chi connectivity index (χ0n) is 35.7. The lowest BCUT2D eigenvalue weighted by molar-refractivity contribution is -0.191. The predicted molar refractivity (Wildman–Crippen MR) is 225 cm³/mol. The minimum absolute atomic E-state index is 0.0627. The molecule has 5 saturated carbocycles. The molecule has 0 amide bonds. The third kappa shape index (κ3) is 5.52. The fraction of sp³-hybridized carbons (Fsp3) is 0.680. The number of hydrogen-bond acceptors (Lipinski definition) is 7. The number of aliphatic hydroxyl groups excluding tert-OH is 1. The van der Waals surface area contributed by atoms with Crippen molar-refractivity contribution in [2.45, 2.75) is 161 Å². The molecular weight excluding hydrogens is 709 g/mol. The number of carbonyl (C=O) groups excluding carboxylic acids is 2. The summed E-state index contributed by atoms with van der Waals surface area (Å²) in [6.07, 6.45) is 10.8. The summed E-state index contributed by atoms with van der Waals surface area (Å²) in [5, 5.41) is 26.3. The highest BCUT2D eigenvalue weighted by Gasteiger charge is 2.73. The van der Waals surface area contributed by atoms with E-state index in [4.69, 9.17) is 10.5 Å². The molecule has 7 heteroatoms. The number of hydrogen-bond donors (Lipinski definition) is 4. The van der Waals surface area contributed by atoms with Gasteiger partial charge in [0.15, 0.2) is 5.78 Å². The quantitative estimate of drug-likeness (QED) is 0.148. The molecule has 1 aliphatic heterocycles. The summed E-state index contributed by atoms with van der Waals surface area (Å²) in [4.78, 5) is 30.0. The van der Waals surface area contributed by atoms with Crippen LogP contribution in [-0.2, 0) is 26.3 Å². The number of allylic oxidation sites excluding steroid dienone is 2. The number of benzene rings is 2. The number of nitrogens with two attached hydrogens (primary N) is 1. The number of aliphatic hydroxyl groups is 1. The second-order valence-corrected chi connectivity index (χ2v) is 21.5. The van der Waals surface area contributed by atoms with Gasteiger partial charge < -0.3 is 26.0 Å². The van der Waals surface area contributed by atoms with Crippen LogP contribution in [0, 0.1) is 45.3 Å². The van der Waals surface area contributed by atoms with Gasteiger partial charge in [0, 0.05) is 29.5 Å². The normalized spacial score (nSPS) is 41.6. The number of phenols is 1. The smallest absolute Gasteiger partial charge is 0.160 e. The van der Waals surface area contributed by atoms with Crippen molar-refractivity contribution >= 4 is 17.3 Å². The first-order chi connectivity index (χ1) is 26.9. The predicted octanol–water partition coefficient (Wildman–Crippen LogP) is 9.33. The van der Waals surface area contributed by atoms with Gasteiger partial charge in [-0.05, 0) is 165 Å². The number of carbonyl (C=O) groups is 2. The number of rotatable bonds is 9. The molecule has 1 spiro atoms. The molecule has 7 aliphatic rings. The van der Waals surface area contributed by atoms with Crippen molar-refractivity contribution in [3.8, 4) is 5.75 Å². The number of epoxide rings is 1. The fourth-order valence-electron chi connectivity index (χ4n) is 16.3. The first-order valence-electron chi connectivity index (χ1n) is 22.5. The second kappa shape index (κ2) is 13.2. The standard InChI is InChI=1S/C50H68N2O5/c1-29(21-38(54)43-48(6,57-43)36-14-9-13-35(36)31-11-8-12-33(51)24-31)42-37-15-16-41-46(4)28-49(32-22-30(27-52-7)23-34(53)25-32)18-10-19-50(37,26-39(42)55)47(41,5)20-17-40(46)45(2,3)44(49)56/h8,11-12,22-25,29,35-36,38,40-41,43,52-54H,9-10,13-21,26-28,51H2,1-7H3/t29-,35+,36+,38-,40+,41-,43-,46-,47-,48-,49+,50+/m1/s1. The van der Waals surface area contributed by atoms with Crippen LogP contribution in [0.1, 0.15) is 148 Å². The minimum Gasteiger partial charge on any atom is -0.508 e. The van der Waals surface area contributed by atoms with Crippen molar-refractivity contribution in [1.29, 1.82) is 0 Å². The van der Waals surface area contributed by atoms with Crippen LogP contribution in [0.4, 0.5) is 5.69 Å². The Balaban J connectivity index is 1.04. The average Bonchev–Trinajstić information content (AvgIpc) is 3.44. The van der Waals surface area contributed by atoms with E-state index in [1.54, 1.807) is 0 Å². The van der Waals surface area contributed by atoms with Gasteiger partial charge in [-0.1, -0.05) is 71.2 Å². The maximum atomic E-state index is 15.3. The molecule has 2 aromatic rings. The summed E-state index contributed by atoms with van der Waals surface area (Å²) in [6.45, 7) is 14.5. The zero-order valence-corrected chi connectivity index (χ0v) is 35.7. The Morgan fingerprint density at radius 1 is 0.947 bits per heavy atom. The van der Waals surface area contributed by atoms with Crippen LogP contribution in [0.2, 0.25) is 0 Å². The maximum absolute atomic E-state index is 15.3. The number of ketones is 2. The van der Waals surface area contributed by atoms with Crippen LogP contribution in [0.3, 0.4) is 0 Å². The van der Waals surface area contributed by atoms with Gasteiger partial charge in [-0.2, -0.15) is 0 Å². The number of ether oxygens (including phenoxy) is 1. The van der Waals surface area contributed by atoms with Crippen molar-refractivity contribution in [3.05, 3.63) is 70.3 Å². The van der Waals surface area contributed by atoms with E-state index in [2.05, 4.69) is 65.1 Å². The van der Waals surface area contributed by atoms with Crippen molar-refractivity contribution < 1.29 is 24.5 Å². The zero-order chi connectivity index (χ0) is 40.5. The Morgan fingerprint density at radius 2 is 1.74 bits per heavy atom. The molecule has 6 aliphatic carbocycles. The van der Waals surface area contributed by atoms with E-state index in [9.17, 15) is 15.0 Å². The largest absolute Gasteiger partial charge is 0.508 e. The van der Waals surface area contributed by atoms with E-state index in [1.165, 1.54) is 11.1 Å². The Kier molecular flexibility index (Phi) is 9.17. The molecule has 0 unspecified atom stereocenters. The molecule has 9 rings (SSSR count). The lowest BCUT2D eigenvalue weighted by Crippen LogP contribution is -2.66. The highest BCUT2D eigenvalue weighted by atomic mass is 16.6. The number of phenolic OH excluding ortho intramolecular Hbond substituents is 1. The minimum atomic E-state index is -0.697. The van der Waals surface area contributed by atoms with Crippen LogP contribution in [0.25, 0.3) is 0 Å². The first-order valence-corrected chi connectivity index (χ1v) is 22.5. The highest BCUT2D eigenvalue weighted by Crippen LogP contribution is 2.77. The number of anilines is 1. The van der Waals surface area contributed by atoms with Gasteiger partial charge in [-0.3, -0.25) is 9.59 Å². The molecular formula is C50H68N2O5. The molecule has 2 aromatic carbocycles. The van der Waals surface area contributed by atoms with Crippen LogP contribution in [0.15, 0.2) is 53.6 Å². The van der Waals surface area contributed by atoms with Crippen LogP contribution in [0.5, 0.6) is 5.75 Å². The number of nitrogens with one attached hydrogen (secondary N) is 1. The van der Waals surface area contributed by atoms with Crippen molar-refractivity contribution in [2.24, 2.45) is 45.3 Å². The lowest BCUT2D eigenvalue weighted by Gasteiger charge is -2.69. The Labute approximate surface area is 341 Å². The van der Waals surface area contributed by atoms with Crippen molar-refractivity contribution in [2.75, 3.05) is 12.8 Å². The molecule has 1 saturated heterocycles. The molecule has 5 N–H and O–H groups in total. The van der Waals surface area contributed by atoms with E-state index in [0.717, 1.165) is 93.0 Å². The van der Waals surface area contributed by atoms with Gasteiger partial charge in [-0.15, -0.1) is 0 Å². The summed E-state index contributed by atoms with van der Waals surface area (Å²) in [5.74, 6) is 2.12. The summed E-state index contributed by atoms with van der Waals surface area (Å²) in [6, 6.07) is 14.2. The van der Waals surface area contributed by atoms with Gasteiger partial charge in [0.1, 0.15) is 17.6 Å². The molecule has 6 fully saturated rings. The molecule has 308 valence electrons. The molecule has 1 heterocycles. The van der Waals surface area contributed by atoms with Crippen LogP contribution >= 0.6 is 0 Å². The molecule has 0 radical (unpaired) electrons. The Morgan fingerprint density at radius 3 is 2.49 bits per heavy atom. The third-order valence-electron chi connectivity index (χ3n) is 18.4. The van der Waals surface area contributed by atoms with Crippen LogP contribution in [-0.4, -0.2) is 46.6 Å². The lowest BCUT2D eigenvalue weighted by atomic mass is 9.34. The van der Waals surface area contributed by atoms with Gasteiger partial charge in [-0.25, -0.2) is 0 Å². The van der Waals surface area contributed by atoms with Crippen LogP contribution < -0.4 is 11.1 Å². The molecule has 0 aromatic heterocycles. The van der Waals surface area contributed by atoms with Gasteiger partial charge >= 0.3 is 0 Å². The topological polar surface area (TPSA) is 125 Å². The molecule has 12 atom stereocenters. The number of Topliss-reactive ketones (excluding diaryl/α,β-unsaturated/α-hetero) is 2. The number of nitrogen functional groups attached to an aromatic ring is 1. The first kappa shape index (κ1) is 39.5. The number of aromatic hydroxyl groups is 1. The highest BCUT2D eigenvalue weighted by molar-refractivity contribution is 6.01. The molecule has 57 heavy (non-hydrogen) atoms. The monoisotopic (exact) mass is 777 g/mol. The second-order valence-electron chi connectivity index (χ2n) is 21.5. The van der Waals surface area contributed by atoms with E-state index in [0.29, 0.717) is 42.9 Å². The van der Waals surface area contributed by atoms with E-state index in [-0.39, 0.29) is 51.3 Å². The van der Waals surface area contributed by atoms with Gasteiger partial charge in [0.2, 0.25) is 0 Å². The molecule has 5 bridgehead atoms. The summed E-state index contributed by atoms with van der Waals surface area (Å²) in [7, 11) is 1.92. The van der Waals surface area contributed by atoms with E-state index >= 15 is 4.79 Å². The Bertz CT molecular complexity index is 2020. The number of fused-ring (bicyclic) bond motifs is 1. The SMILES string of the molecule is CNCc1cc(O)cc([C@]23CCC[C@]45CC(=O)C([C@H](C)C[C@@H](O)[C@H]6O[C@]6(C)[C@H]6CCC[C@H]6c6cccc(N)c6)=C4CC[C@@H]4[C@](C)(C2)[C@@H](CC[C@]45C)C(C)(C)C3=O)c1. The Hall–Kier alpha value is -3.00. The average molecular weight is 777 g/mol. The van der Waals surface area contributed by atoms with Crippen molar-refractivity contribution in [3.63, 3.8) is 0 Å². The van der Waals surface area contributed by atoms with Crippen molar-refractivity contribution in [1.82, 2.24) is 5.32 Å². The fourth-order valence-corrected chi connectivity index (χ4v) is 16.3. The van der Waals surface area contributed by atoms with E-state index in [1.807, 2.05) is 31.3 Å². The van der Waals surface area contributed by atoms with Gasteiger partial charge in [0.25, 0.3) is 0 Å². The summed E-state index contributed by atoms with van der Waals surface area (Å²) >= 11 is 0. The van der Waals surface area contributed by atoms with Gasteiger partial charge in [0.05, 0.1) is 17.1 Å². The van der Waals surface area contributed by atoms with E-state index < -0.39 is 16.9 Å². The third-order valence-corrected chi connectivity index (χ3v) is 18.4. The maximum Gasteiger partial charge on any atom is 0.160 e. The summed E-state index contributed by atoms with van der Waals surface area (Å²) < 4.78 is 6.52. The molecule has 7 nitrogen and oxygen atoms in total. The summed E-state index contributed by atoms with van der Waals surface area (Å²) in [5.41, 5.74) is 10.6.